The predicted molar refractivity (Wildman–Crippen MR) is 71.1 cm³/mol. The molecule has 0 aliphatic heterocycles. The van der Waals surface area contributed by atoms with Crippen LogP contribution in [0.15, 0.2) is 42.7 Å². The Balaban J connectivity index is 1.87. The minimum Gasteiger partial charge on any atom is -0.318 e. The summed E-state index contributed by atoms with van der Waals surface area (Å²) in [5, 5.41) is 0. The maximum Gasteiger partial charge on any atom is 0.149 e. The molecule has 1 aromatic heterocycles. The summed E-state index contributed by atoms with van der Waals surface area (Å²) in [6.45, 7) is 0. The van der Waals surface area contributed by atoms with Gasteiger partial charge in [-0.15, -0.1) is 0 Å². The lowest BCUT2D eigenvalue weighted by molar-refractivity contribution is 0.419. The Hall–Kier alpha value is -1.74. The molecule has 18 heavy (non-hydrogen) atoms. The zero-order chi connectivity index (χ0) is 12.4. The van der Waals surface area contributed by atoms with Crippen LogP contribution in [0.5, 0.6) is 0 Å². The van der Waals surface area contributed by atoms with Gasteiger partial charge in [-0.25, -0.2) is 9.97 Å². The van der Waals surface area contributed by atoms with Gasteiger partial charge in [0.15, 0.2) is 0 Å². The zero-order valence-electron chi connectivity index (χ0n) is 10.3. The van der Waals surface area contributed by atoms with Gasteiger partial charge in [0.1, 0.15) is 5.82 Å². The van der Waals surface area contributed by atoms with Crippen molar-refractivity contribution in [3.8, 4) is 0 Å². The first-order chi connectivity index (χ1) is 8.84. The second-order valence-electron chi connectivity index (χ2n) is 4.88. The first kappa shape index (κ1) is 11.4. The molecule has 2 N–H and O–H groups in total. The summed E-state index contributed by atoms with van der Waals surface area (Å²) in [5.41, 5.74) is 8.73. The molecule has 1 atom stereocenters. The summed E-state index contributed by atoms with van der Waals surface area (Å²) < 4.78 is 0. The Morgan fingerprint density at radius 1 is 1.11 bits per heavy atom. The van der Waals surface area contributed by atoms with Gasteiger partial charge in [0.25, 0.3) is 0 Å². The normalized spacial score (nSPS) is 17.2. The summed E-state index contributed by atoms with van der Waals surface area (Å²) in [7, 11) is 0. The van der Waals surface area contributed by atoms with E-state index < -0.39 is 0 Å². The summed E-state index contributed by atoms with van der Waals surface area (Å²) in [4.78, 5) is 8.46. The number of nitrogens with two attached hydrogens (primary N) is 1. The number of nitrogens with zero attached hydrogens (tertiary/aromatic N) is 2. The predicted octanol–water partition coefficient (Wildman–Crippen LogP) is 2.79. The van der Waals surface area contributed by atoms with Crippen LogP contribution in [0.4, 0.5) is 0 Å². The Morgan fingerprint density at radius 2 is 1.89 bits per heavy atom. The quantitative estimate of drug-likeness (QED) is 0.896. The van der Waals surface area contributed by atoms with Gasteiger partial charge in [-0.05, 0) is 36.0 Å². The van der Waals surface area contributed by atoms with Crippen molar-refractivity contribution in [1.29, 1.82) is 0 Å². The third-order valence-corrected chi connectivity index (χ3v) is 3.71. The highest BCUT2D eigenvalue weighted by atomic mass is 14.9. The molecule has 0 bridgehead atoms. The highest BCUT2D eigenvalue weighted by Crippen LogP contribution is 2.37. The van der Waals surface area contributed by atoms with Crippen LogP contribution in [-0.4, -0.2) is 9.97 Å². The van der Waals surface area contributed by atoms with E-state index in [4.69, 9.17) is 5.73 Å². The van der Waals surface area contributed by atoms with Gasteiger partial charge in [-0.2, -0.15) is 0 Å². The maximum absolute atomic E-state index is 6.22. The number of rotatable bonds is 3. The third-order valence-electron chi connectivity index (χ3n) is 3.71. The second kappa shape index (κ2) is 4.86. The van der Waals surface area contributed by atoms with Crippen LogP contribution in [0.25, 0.3) is 0 Å². The molecule has 3 heteroatoms. The number of hydrogen-bond donors (Lipinski definition) is 1. The lowest BCUT2D eigenvalue weighted by Gasteiger charge is -2.26. The first-order valence-electron chi connectivity index (χ1n) is 6.47. The van der Waals surface area contributed by atoms with Gasteiger partial charge in [-0.3, -0.25) is 0 Å². The van der Waals surface area contributed by atoms with Crippen LogP contribution >= 0.6 is 0 Å². The first-order valence-corrected chi connectivity index (χ1v) is 6.47. The van der Waals surface area contributed by atoms with E-state index in [0.29, 0.717) is 5.82 Å². The SMILES string of the molecule is NC(c1cccc(C2CCC2)c1)c1ncccn1. The molecule has 0 saturated heterocycles. The molecule has 1 heterocycles. The molecule has 1 saturated carbocycles. The largest absolute Gasteiger partial charge is 0.318 e. The molecular formula is C15H17N3. The fraction of sp³-hybridized carbons (Fsp3) is 0.333. The van der Waals surface area contributed by atoms with Gasteiger partial charge in [0, 0.05) is 12.4 Å². The van der Waals surface area contributed by atoms with E-state index in [-0.39, 0.29) is 6.04 Å². The molecule has 1 aliphatic carbocycles. The number of benzene rings is 1. The van der Waals surface area contributed by atoms with Crippen molar-refractivity contribution in [1.82, 2.24) is 9.97 Å². The zero-order valence-corrected chi connectivity index (χ0v) is 10.3. The standard InChI is InChI=1S/C15H17N3/c16-14(15-17-8-3-9-18-15)13-7-2-6-12(10-13)11-4-1-5-11/h2-3,6-11,14H,1,4-5,16H2. The van der Waals surface area contributed by atoms with E-state index in [0.717, 1.165) is 11.5 Å². The van der Waals surface area contributed by atoms with Crippen LogP contribution < -0.4 is 5.73 Å². The molecule has 3 nitrogen and oxygen atoms in total. The van der Waals surface area contributed by atoms with Crippen molar-refractivity contribution in [3.05, 3.63) is 59.7 Å². The van der Waals surface area contributed by atoms with Crippen LogP contribution in [0, 0.1) is 0 Å². The van der Waals surface area contributed by atoms with Gasteiger partial charge < -0.3 is 5.73 Å². The topological polar surface area (TPSA) is 51.8 Å². The lowest BCUT2D eigenvalue weighted by atomic mass is 9.79. The molecule has 1 unspecified atom stereocenters. The van der Waals surface area contributed by atoms with E-state index in [9.17, 15) is 0 Å². The average molecular weight is 239 g/mol. The highest BCUT2D eigenvalue weighted by Gasteiger charge is 2.20. The van der Waals surface area contributed by atoms with Crippen molar-refractivity contribution in [2.45, 2.75) is 31.2 Å². The van der Waals surface area contributed by atoms with E-state index in [1.54, 1.807) is 18.5 Å². The van der Waals surface area contributed by atoms with Crippen molar-refractivity contribution >= 4 is 0 Å². The Kier molecular flexibility index (Phi) is 3.07. The van der Waals surface area contributed by atoms with E-state index in [1.165, 1.54) is 24.8 Å². The van der Waals surface area contributed by atoms with Crippen molar-refractivity contribution < 1.29 is 0 Å². The van der Waals surface area contributed by atoms with Gasteiger partial charge in [0.2, 0.25) is 0 Å². The average Bonchev–Trinajstić information content (AvgIpc) is 2.37. The van der Waals surface area contributed by atoms with E-state index in [1.807, 2.05) is 0 Å². The molecule has 0 amide bonds. The third kappa shape index (κ3) is 2.14. The van der Waals surface area contributed by atoms with Crippen molar-refractivity contribution in [2.75, 3.05) is 0 Å². The van der Waals surface area contributed by atoms with Gasteiger partial charge in [0.05, 0.1) is 6.04 Å². The monoisotopic (exact) mass is 239 g/mol. The summed E-state index contributed by atoms with van der Waals surface area (Å²) in [6.07, 6.45) is 7.43. The van der Waals surface area contributed by atoms with Crippen molar-refractivity contribution in [3.63, 3.8) is 0 Å². The van der Waals surface area contributed by atoms with Crippen LogP contribution in [0.3, 0.4) is 0 Å². The molecule has 1 fully saturated rings. The Labute approximate surface area is 107 Å². The number of aromatic nitrogens is 2. The summed E-state index contributed by atoms with van der Waals surface area (Å²) in [6, 6.07) is 10.1. The van der Waals surface area contributed by atoms with Crippen LogP contribution in [0.2, 0.25) is 0 Å². The van der Waals surface area contributed by atoms with Gasteiger partial charge >= 0.3 is 0 Å². The van der Waals surface area contributed by atoms with Gasteiger partial charge in [-0.1, -0.05) is 30.7 Å². The molecule has 0 spiro atoms. The van der Waals surface area contributed by atoms with Crippen LogP contribution in [-0.2, 0) is 0 Å². The minimum atomic E-state index is -0.230. The fourth-order valence-electron chi connectivity index (χ4n) is 2.37. The smallest absolute Gasteiger partial charge is 0.149 e. The highest BCUT2D eigenvalue weighted by molar-refractivity contribution is 5.32. The maximum atomic E-state index is 6.22. The molecular weight excluding hydrogens is 222 g/mol. The van der Waals surface area contributed by atoms with Crippen molar-refractivity contribution in [2.24, 2.45) is 5.73 Å². The van der Waals surface area contributed by atoms with E-state index in [2.05, 4.69) is 34.2 Å². The minimum absolute atomic E-state index is 0.230. The van der Waals surface area contributed by atoms with E-state index >= 15 is 0 Å². The lowest BCUT2D eigenvalue weighted by Crippen LogP contribution is -2.16. The molecule has 92 valence electrons. The summed E-state index contributed by atoms with van der Waals surface area (Å²) >= 11 is 0. The molecule has 2 aromatic rings. The molecule has 1 aromatic carbocycles. The second-order valence-corrected chi connectivity index (χ2v) is 4.88. The molecule has 3 rings (SSSR count). The fourth-order valence-corrected chi connectivity index (χ4v) is 2.37. The van der Waals surface area contributed by atoms with Crippen LogP contribution in [0.1, 0.15) is 48.2 Å². The molecule has 0 radical (unpaired) electrons. The Bertz CT molecular complexity index is 520. The summed E-state index contributed by atoms with van der Waals surface area (Å²) in [5.74, 6) is 1.41. The molecule has 1 aliphatic rings. The number of hydrogen-bond acceptors (Lipinski definition) is 3. The Morgan fingerprint density at radius 3 is 2.56 bits per heavy atom.